The summed E-state index contributed by atoms with van der Waals surface area (Å²) in [6.45, 7) is 0.413. The van der Waals surface area contributed by atoms with E-state index >= 15 is 0 Å². The molecule has 0 aliphatic carbocycles. The first-order valence-corrected chi connectivity index (χ1v) is 5.46. The van der Waals surface area contributed by atoms with Crippen LogP contribution in [0, 0.1) is 0 Å². The summed E-state index contributed by atoms with van der Waals surface area (Å²) in [5, 5.41) is 4.21. The second-order valence-corrected chi connectivity index (χ2v) is 4.14. The van der Waals surface area contributed by atoms with Crippen molar-refractivity contribution in [2.45, 2.75) is 6.54 Å². The van der Waals surface area contributed by atoms with Crippen LogP contribution < -0.4 is 11.3 Å². The van der Waals surface area contributed by atoms with Crippen LogP contribution >= 0.6 is 12.2 Å². The molecule has 6 heteroatoms. The van der Waals surface area contributed by atoms with Crippen molar-refractivity contribution in [2.75, 3.05) is 0 Å². The summed E-state index contributed by atoms with van der Waals surface area (Å²) >= 11 is 4.82. The zero-order valence-corrected chi connectivity index (χ0v) is 10.1. The molecular weight excluding hydrogens is 236 g/mol. The Balaban J connectivity index is 2.37. The minimum Gasteiger partial charge on any atom is -0.389 e. The van der Waals surface area contributed by atoms with Crippen molar-refractivity contribution in [1.82, 2.24) is 14.3 Å². The first-order valence-electron chi connectivity index (χ1n) is 5.05. The summed E-state index contributed by atoms with van der Waals surface area (Å²) in [7, 11) is 1.83. The second kappa shape index (κ2) is 4.50. The van der Waals surface area contributed by atoms with Crippen LogP contribution in [-0.2, 0) is 13.6 Å². The summed E-state index contributed by atoms with van der Waals surface area (Å²) in [6.07, 6.45) is 3.52. The highest BCUT2D eigenvalue weighted by Gasteiger charge is 2.06. The van der Waals surface area contributed by atoms with E-state index < -0.39 is 0 Å². The number of aromatic nitrogens is 3. The fourth-order valence-corrected chi connectivity index (χ4v) is 1.73. The molecule has 0 bridgehead atoms. The van der Waals surface area contributed by atoms with E-state index in [1.165, 1.54) is 4.57 Å². The third-order valence-electron chi connectivity index (χ3n) is 2.39. The van der Waals surface area contributed by atoms with Crippen LogP contribution in [0.2, 0.25) is 0 Å². The molecule has 88 valence electrons. The van der Waals surface area contributed by atoms with Crippen molar-refractivity contribution in [1.29, 1.82) is 0 Å². The van der Waals surface area contributed by atoms with Gasteiger partial charge >= 0.3 is 0 Å². The lowest BCUT2D eigenvalue weighted by atomic mass is 10.2. The summed E-state index contributed by atoms with van der Waals surface area (Å²) in [4.78, 5) is 12.1. The predicted octanol–water partition coefficient (Wildman–Crippen LogP) is 0.264. The Hall–Kier alpha value is -1.95. The lowest BCUT2D eigenvalue weighted by molar-refractivity contribution is 0.691. The van der Waals surface area contributed by atoms with Crippen LogP contribution in [0.1, 0.15) is 11.3 Å². The maximum atomic E-state index is 12.0. The van der Waals surface area contributed by atoms with Gasteiger partial charge in [0.05, 0.1) is 17.8 Å². The largest absolute Gasteiger partial charge is 0.389 e. The Kier molecular flexibility index (Phi) is 3.06. The van der Waals surface area contributed by atoms with E-state index in [1.54, 1.807) is 23.0 Å². The van der Waals surface area contributed by atoms with Gasteiger partial charge in [0, 0.05) is 19.4 Å². The number of nitrogens with zero attached hydrogens (tertiary/aromatic N) is 3. The van der Waals surface area contributed by atoms with Crippen molar-refractivity contribution in [2.24, 2.45) is 12.8 Å². The van der Waals surface area contributed by atoms with E-state index in [1.807, 2.05) is 19.3 Å². The highest BCUT2D eigenvalue weighted by Crippen LogP contribution is 1.98. The van der Waals surface area contributed by atoms with Crippen LogP contribution in [0.25, 0.3) is 0 Å². The molecule has 0 aliphatic heterocycles. The van der Waals surface area contributed by atoms with Crippen LogP contribution in [0.15, 0.2) is 35.4 Å². The number of aryl methyl sites for hydroxylation is 1. The Morgan fingerprint density at radius 2 is 2.24 bits per heavy atom. The van der Waals surface area contributed by atoms with Gasteiger partial charge in [0.15, 0.2) is 0 Å². The zero-order valence-electron chi connectivity index (χ0n) is 9.33. The lowest BCUT2D eigenvalue weighted by Crippen LogP contribution is -2.28. The van der Waals surface area contributed by atoms with Gasteiger partial charge in [-0.1, -0.05) is 12.2 Å². The molecule has 0 amide bonds. The molecule has 2 heterocycles. The third-order valence-corrected chi connectivity index (χ3v) is 2.61. The molecule has 0 unspecified atom stereocenters. The Labute approximate surface area is 103 Å². The van der Waals surface area contributed by atoms with Crippen LogP contribution in [-0.4, -0.2) is 19.3 Å². The fourth-order valence-electron chi connectivity index (χ4n) is 1.57. The van der Waals surface area contributed by atoms with Gasteiger partial charge in [0.25, 0.3) is 5.56 Å². The van der Waals surface area contributed by atoms with E-state index in [-0.39, 0.29) is 10.5 Å². The summed E-state index contributed by atoms with van der Waals surface area (Å²) in [6, 6.07) is 5.23. The smallest absolute Gasteiger partial charge is 0.261 e. The number of pyridine rings is 1. The summed E-state index contributed by atoms with van der Waals surface area (Å²) in [5.74, 6) is 0. The molecule has 0 aromatic carbocycles. The van der Waals surface area contributed by atoms with Gasteiger partial charge in [0.1, 0.15) is 4.99 Å². The highest BCUT2D eigenvalue weighted by atomic mass is 32.1. The van der Waals surface area contributed by atoms with Crippen molar-refractivity contribution in [3.05, 3.63) is 52.2 Å². The average molecular weight is 248 g/mol. The Bertz CT molecular complexity index is 614. The number of hydrogen-bond acceptors (Lipinski definition) is 3. The van der Waals surface area contributed by atoms with Crippen LogP contribution in [0.3, 0.4) is 0 Å². The van der Waals surface area contributed by atoms with Gasteiger partial charge in [-0.2, -0.15) is 5.10 Å². The summed E-state index contributed by atoms with van der Waals surface area (Å²) in [5.41, 5.74) is 6.46. The molecule has 0 radical (unpaired) electrons. The molecule has 2 aromatic rings. The molecule has 0 spiro atoms. The molecule has 0 atom stereocenters. The summed E-state index contributed by atoms with van der Waals surface area (Å²) < 4.78 is 3.23. The maximum absolute atomic E-state index is 12.0. The van der Waals surface area contributed by atoms with Crippen molar-refractivity contribution in [3.63, 3.8) is 0 Å². The first-order chi connectivity index (χ1) is 8.08. The zero-order chi connectivity index (χ0) is 12.4. The molecule has 0 fully saturated rings. The van der Waals surface area contributed by atoms with E-state index in [0.29, 0.717) is 12.1 Å². The SMILES string of the molecule is Cn1ccc(Cn2cccc(C(N)=S)c2=O)n1. The third kappa shape index (κ3) is 2.42. The Morgan fingerprint density at radius 3 is 2.82 bits per heavy atom. The molecule has 0 saturated heterocycles. The van der Waals surface area contributed by atoms with Crippen molar-refractivity contribution < 1.29 is 0 Å². The van der Waals surface area contributed by atoms with Gasteiger partial charge in [0.2, 0.25) is 0 Å². The van der Waals surface area contributed by atoms with Gasteiger partial charge in [-0.05, 0) is 18.2 Å². The number of rotatable bonds is 3. The topological polar surface area (TPSA) is 65.8 Å². The second-order valence-electron chi connectivity index (χ2n) is 3.70. The molecule has 5 nitrogen and oxygen atoms in total. The fraction of sp³-hybridized carbons (Fsp3) is 0.182. The number of nitrogens with two attached hydrogens (primary N) is 1. The number of hydrogen-bond donors (Lipinski definition) is 1. The molecule has 17 heavy (non-hydrogen) atoms. The minimum absolute atomic E-state index is 0.116. The van der Waals surface area contributed by atoms with Gasteiger partial charge in [-0.3, -0.25) is 9.48 Å². The first kappa shape index (κ1) is 11.5. The van der Waals surface area contributed by atoms with Crippen LogP contribution in [0.5, 0.6) is 0 Å². The average Bonchev–Trinajstić information content (AvgIpc) is 2.67. The van der Waals surface area contributed by atoms with Crippen molar-refractivity contribution >= 4 is 17.2 Å². The number of thiocarbonyl (C=S) groups is 1. The quantitative estimate of drug-likeness (QED) is 0.792. The van der Waals surface area contributed by atoms with Crippen LogP contribution in [0.4, 0.5) is 0 Å². The normalized spacial score (nSPS) is 10.4. The minimum atomic E-state index is -0.189. The van der Waals surface area contributed by atoms with E-state index in [4.69, 9.17) is 18.0 Å². The predicted molar refractivity (Wildman–Crippen MR) is 68.9 cm³/mol. The molecule has 0 saturated carbocycles. The highest BCUT2D eigenvalue weighted by molar-refractivity contribution is 7.80. The van der Waals surface area contributed by atoms with Gasteiger partial charge in [-0.25, -0.2) is 0 Å². The molecule has 2 aromatic heterocycles. The maximum Gasteiger partial charge on any atom is 0.261 e. The van der Waals surface area contributed by atoms with E-state index in [9.17, 15) is 4.79 Å². The van der Waals surface area contributed by atoms with E-state index in [0.717, 1.165) is 5.69 Å². The van der Waals surface area contributed by atoms with Crippen molar-refractivity contribution in [3.8, 4) is 0 Å². The molecule has 2 N–H and O–H groups in total. The van der Waals surface area contributed by atoms with Gasteiger partial charge < -0.3 is 10.3 Å². The molecule has 0 aliphatic rings. The Morgan fingerprint density at radius 1 is 1.47 bits per heavy atom. The molecule has 2 rings (SSSR count). The molecular formula is C11H12N4OS. The van der Waals surface area contributed by atoms with Gasteiger partial charge in [-0.15, -0.1) is 0 Å². The monoisotopic (exact) mass is 248 g/mol. The standard InChI is InChI=1S/C11H12N4OS/c1-14-6-4-8(13-14)7-15-5-2-3-9(10(12)17)11(15)16/h2-6H,7H2,1H3,(H2,12,17). The van der Waals surface area contributed by atoms with E-state index in [2.05, 4.69) is 5.10 Å². The lowest BCUT2D eigenvalue weighted by Gasteiger charge is -2.05.